The van der Waals surface area contributed by atoms with Gasteiger partial charge in [0.25, 0.3) is 0 Å². The van der Waals surface area contributed by atoms with Crippen molar-refractivity contribution in [3.8, 4) is 11.1 Å². The zero-order valence-electron chi connectivity index (χ0n) is 14.6. The molecule has 0 saturated heterocycles. The van der Waals surface area contributed by atoms with Gasteiger partial charge in [0.15, 0.2) is 0 Å². The van der Waals surface area contributed by atoms with Crippen LogP contribution in [-0.2, 0) is 4.74 Å². The Morgan fingerprint density at radius 1 is 1.29 bits per heavy atom. The van der Waals surface area contributed by atoms with Gasteiger partial charge in [-0.15, -0.1) is 11.3 Å². The predicted molar refractivity (Wildman–Crippen MR) is 101 cm³/mol. The van der Waals surface area contributed by atoms with E-state index in [1.807, 2.05) is 64.4 Å². The van der Waals surface area contributed by atoms with Crippen molar-refractivity contribution in [2.75, 3.05) is 5.32 Å². The maximum absolute atomic E-state index is 11.8. The number of carbonyl (C=O) groups excluding carboxylic acids is 1. The third-order valence-corrected chi connectivity index (χ3v) is 3.84. The molecule has 2 N–H and O–H groups in total. The summed E-state index contributed by atoms with van der Waals surface area (Å²) in [6.45, 7) is 9.52. The first-order valence-electron chi connectivity index (χ1n) is 7.93. The predicted octanol–water partition coefficient (Wildman–Crippen LogP) is 5.66. The Bertz CT molecular complexity index is 815. The maximum atomic E-state index is 11.8. The first-order valence-corrected chi connectivity index (χ1v) is 8.81. The van der Waals surface area contributed by atoms with Crippen LogP contribution in [0.15, 0.2) is 36.0 Å². The van der Waals surface area contributed by atoms with Crippen LogP contribution in [0.3, 0.4) is 0 Å². The van der Waals surface area contributed by atoms with E-state index in [-0.39, 0.29) is 0 Å². The van der Waals surface area contributed by atoms with Crippen molar-refractivity contribution in [1.82, 2.24) is 9.97 Å². The lowest BCUT2D eigenvalue weighted by Gasteiger charge is -2.19. The van der Waals surface area contributed by atoms with Gasteiger partial charge in [0.2, 0.25) is 0 Å². The SMILES string of the molecule is CC.CC(C)(C)OC(=O)Nc1cc(-c2ccnc3[nH]ccc23)cs1. The second kappa shape index (κ2) is 7.49. The molecule has 0 spiro atoms. The highest BCUT2D eigenvalue weighted by Gasteiger charge is 2.17. The molecule has 0 unspecified atom stereocenters. The van der Waals surface area contributed by atoms with E-state index in [4.69, 9.17) is 4.74 Å². The number of aromatic amines is 1. The highest BCUT2D eigenvalue weighted by molar-refractivity contribution is 7.14. The number of hydrogen-bond donors (Lipinski definition) is 2. The molecule has 0 saturated carbocycles. The van der Waals surface area contributed by atoms with Gasteiger partial charge in [-0.2, -0.15) is 0 Å². The molecular formula is C18H23N3O2S. The van der Waals surface area contributed by atoms with E-state index in [0.29, 0.717) is 0 Å². The molecule has 0 aliphatic heterocycles. The first kappa shape index (κ1) is 18.0. The number of rotatable bonds is 2. The molecule has 3 heterocycles. The minimum Gasteiger partial charge on any atom is -0.444 e. The molecule has 0 aliphatic rings. The summed E-state index contributed by atoms with van der Waals surface area (Å²) in [5.74, 6) is 0. The van der Waals surface area contributed by atoms with E-state index < -0.39 is 11.7 Å². The monoisotopic (exact) mass is 345 g/mol. The number of thiophene rings is 1. The van der Waals surface area contributed by atoms with Crippen LogP contribution >= 0.6 is 11.3 Å². The van der Waals surface area contributed by atoms with E-state index in [1.54, 1.807) is 6.20 Å². The summed E-state index contributed by atoms with van der Waals surface area (Å²) in [6, 6.07) is 5.90. The quantitative estimate of drug-likeness (QED) is 0.629. The van der Waals surface area contributed by atoms with Crippen LogP contribution in [0.1, 0.15) is 34.6 Å². The lowest BCUT2D eigenvalue weighted by atomic mass is 10.1. The number of nitrogens with one attached hydrogen (secondary N) is 2. The molecule has 0 fully saturated rings. The van der Waals surface area contributed by atoms with Crippen molar-refractivity contribution in [2.24, 2.45) is 0 Å². The number of ether oxygens (including phenoxy) is 1. The average molecular weight is 345 g/mol. The molecule has 0 atom stereocenters. The molecule has 0 radical (unpaired) electrons. The van der Waals surface area contributed by atoms with Gasteiger partial charge in [-0.25, -0.2) is 9.78 Å². The van der Waals surface area contributed by atoms with Crippen LogP contribution in [0.25, 0.3) is 22.2 Å². The minimum absolute atomic E-state index is 0.442. The maximum Gasteiger partial charge on any atom is 0.412 e. The third kappa shape index (κ3) is 4.35. The average Bonchev–Trinajstić information content (AvgIpc) is 3.15. The fourth-order valence-corrected chi connectivity index (χ4v) is 2.95. The number of carbonyl (C=O) groups is 1. The fraction of sp³-hybridized carbons (Fsp3) is 0.333. The summed E-state index contributed by atoms with van der Waals surface area (Å²) in [7, 11) is 0. The number of hydrogen-bond acceptors (Lipinski definition) is 4. The lowest BCUT2D eigenvalue weighted by molar-refractivity contribution is 0.0636. The van der Waals surface area contributed by atoms with Crippen molar-refractivity contribution in [1.29, 1.82) is 0 Å². The van der Waals surface area contributed by atoms with Crippen LogP contribution in [0.5, 0.6) is 0 Å². The minimum atomic E-state index is -0.507. The van der Waals surface area contributed by atoms with E-state index in [0.717, 1.165) is 27.2 Å². The Kier molecular flexibility index (Phi) is 5.62. The Morgan fingerprint density at radius 3 is 2.75 bits per heavy atom. The molecule has 0 aliphatic carbocycles. The lowest BCUT2D eigenvalue weighted by Crippen LogP contribution is -2.26. The molecule has 0 aromatic carbocycles. The largest absolute Gasteiger partial charge is 0.444 e. The molecule has 1 amide bonds. The summed E-state index contributed by atoms with van der Waals surface area (Å²) < 4.78 is 5.26. The van der Waals surface area contributed by atoms with Crippen molar-refractivity contribution in [2.45, 2.75) is 40.2 Å². The van der Waals surface area contributed by atoms with Gasteiger partial charge < -0.3 is 9.72 Å². The zero-order chi connectivity index (χ0) is 17.7. The Hall–Kier alpha value is -2.34. The number of pyridine rings is 1. The second-order valence-electron chi connectivity index (χ2n) is 5.92. The summed E-state index contributed by atoms with van der Waals surface area (Å²) in [5.41, 5.74) is 2.47. The van der Waals surface area contributed by atoms with Crippen molar-refractivity contribution in [3.05, 3.63) is 36.0 Å². The van der Waals surface area contributed by atoms with E-state index in [2.05, 4.69) is 15.3 Å². The normalized spacial score (nSPS) is 10.9. The van der Waals surface area contributed by atoms with Crippen LogP contribution in [0, 0.1) is 0 Å². The zero-order valence-corrected chi connectivity index (χ0v) is 15.5. The number of fused-ring (bicyclic) bond motifs is 1. The van der Waals surface area contributed by atoms with E-state index in [1.165, 1.54) is 11.3 Å². The molecule has 6 heteroatoms. The molecule has 128 valence electrons. The first-order chi connectivity index (χ1) is 11.4. The van der Waals surface area contributed by atoms with Gasteiger partial charge in [0.1, 0.15) is 11.2 Å². The Morgan fingerprint density at radius 2 is 2.04 bits per heavy atom. The van der Waals surface area contributed by atoms with Crippen LogP contribution in [0.4, 0.5) is 9.80 Å². The molecule has 24 heavy (non-hydrogen) atoms. The van der Waals surface area contributed by atoms with E-state index >= 15 is 0 Å². The van der Waals surface area contributed by atoms with Crippen molar-refractivity contribution < 1.29 is 9.53 Å². The topological polar surface area (TPSA) is 67.0 Å². The number of nitrogens with zero attached hydrogens (tertiary/aromatic N) is 1. The van der Waals surface area contributed by atoms with Gasteiger partial charge >= 0.3 is 6.09 Å². The summed E-state index contributed by atoms with van der Waals surface area (Å²) in [6.07, 6.45) is 3.20. The van der Waals surface area contributed by atoms with Crippen molar-refractivity contribution >= 4 is 33.5 Å². The molecule has 3 rings (SSSR count). The van der Waals surface area contributed by atoms with Crippen molar-refractivity contribution in [3.63, 3.8) is 0 Å². The molecule has 3 aromatic heterocycles. The Balaban J connectivity index is 0.00000100. The number of anilines is 1. The smallest absolute Gasteiger partial charge is 0.412 e. The summed E-state index contributed by atoms with van der Waals surface area (Å²) in [5, 5.41) is 6.59. The highest BCUT2D eigenvalue weighted by Crippen LogP contribution is 2.33. The summed E-state index contributed by atoms with van der Waals surface area (Å²) >= 11 is 1.47. The standard InChI is InChI=1S/C16H17N3O2S.C2H6/c1-16(2,3)21-15(20)19-13-8-10(9-22-13)11-4-6-17-14-12(11)5-7-18-14;1-2/h4-9H,1-3H3,(H,17,18)(H,19,20);1-2H3. The number of amides is 1. The van der Waals surface area contributed by atoms with Gasteiger partial charge in [-0.05, 0) is 50.1 Å². The molecule has 3 aromatic rings. The van der Waals surface area contributed by atoms with E-state index in [9.17, 15) is 4.79 Å². The summed E-state index contributed by atoms with van der Waals surface area (Å²) in [4.78, 5) is 19.2. The van der Waals surface area contributed by atoms with Gasteiger partial charge in [-0.1, -0.05) is 13.8 Å². The van der Waals surface area contributed by atoms with Crippen LogP contribution in [-0.4, -0.2) is 21.7 Å². The Labute approximate surface area is 146 Å². The second-order valence-corrected chi connectivity index (χ2v) is 6.84. The van der Waals surface area contributed by atoms with Crippen LogP contribution in [0.2, 0.25) is 0 Å². The molecular weight excluding hydrogens is 322 g/mol. The number of H-pyrrole nitrogens is 1. The molecule has 0 bridgehead atoms. The van der Waals surface area contributed by atoms with Gasteiger partial charge in [0, 0.05) is 23.2 Å². The third-order valence-electron chi connectivity index (χ3n) is 2.99. The highest BCUT2D eigenvalue weighted by atomic mass is 32.1. The number of aromatic nitrogens is 2. The van der Waals surface area contributed by atoms with Gasteiger partial charge in [-0.3, -0.25) is 5.32 Å². The van der Waals surface area contributed by atoms with Crippen LogP contribution < -0.4 is 5.32 Å². The van der Waals surface area contributed by atoms with Gasteiger partial charge in [0.05, 0.1) is 5.00 Å². The molecule has 5 nitrogen and oxygen atoms in total. The fourth-order valence-electron chi connectivity index (χ4n) is 2.16.